The van der Waals surface area contributed by atoms with Crippen LogP contribution in [-0.4, -0.2) is 47.7 Å². The smallest absolute Gasteiger partial charge is 0.342 e. The number of hydrogen-bond donors (Lipinski definition) is 1. The minimum Gasteiger partial charge on any atom is -0.496 e. The Morgan fingerprint density at radius 2 is 1.79 bits per heavy atom. The van der Waals surface area contributed by atoms with Crippen LogP contribution >= 0.6 is 0 Å². The number of methoxy groups -OCH3 is 1. The lowest BCUT2D eigenvalue weighted by atomic mass is 9.86. The third-order valence-electron chi connectivity index (χ3n) is 6.96. The fourth-order valence-electron chi connectivity index (χ4n) is 5.26. The Hall–Kier alpha value is -2.42. The molecule has 0 saturated carbocycles. The van der Waals surface area contributed by atoms with Gasteiger partial charge >= 0.3 is 11.6 Å². The first-order valence-electron chi connectivity index (χ1n) is 11.4. The molecule has 1 aromatic rings. The molecule has 2 saturated heterocycles. The topological polar surface area (TPSA) is 108 Å². The van der Waals surface area contributed by atoms with Crippen molar-refractivity contribution in [1.82, 2.24) is 0 Å². The minimum absolute atomic E-state index is 0.0253. The van der Waals surface area contributed by atoms with E-state index in [1.807, 2.05) is 39.8 Å². The van der Waals surface area contributed by atoms with Crippen molar-refractivity contribution in [3.8, 4) is 5.75 Å². The van der Waals surface area contributed by atoms with E-state index in [0.717, 1.165) is 5.57 Å². The van der Waals surface area contributed by atoms with Crippen LogP contribution in [0.15, 0.2) is 32.5 Å². The number of carbonyl (C=O) groups is 1. The second kappa shape index (κ2) is 8.66. The van der Waals surface area contributed by atoms with E-state index < -0.39 is 28.9 Å². The number of esters is 1. The quantitative estimate of drug-likeness (QED) is 0.361. The van der Waals surface area contributed by atoms with Crippen LogP contribution in [0, 0.1) is 13.8 Å². The van der Waals surface area contributed by atoms with Crippen LogP contribution in [0.25, 0.3) is 0 Å². The molecule has 3 heterocycles. The monoisotopic (exact) mass is 476 g/mol. The van der Waals surface area contributed by atoms with Crippen LogP contribution in [0.2, 0.25) is 0 Å². The Morgan fingerprint density at radius 3 is 2.26 bits per heavy atom. The Balaban J connectivity index is 2.02. The molecule has 0 radical (unpaired) electrons. The van der Waals surface area contributed by atoms with Crippen molar-refractivity contribution in [2.24, 2.45) is 0 Å². The van der Waals surface area contributed by atoms with Crippen molar-refractivity contribution < 1.29 is 33.3 Å². The van der Waals surface area contributed by atoms with Crippen molar-refractivity contribution in [3.05, 3.63) is 50.6 Å². The Labute approximate surface area is 200 Å². The van der Waals surface area contributed by atoms with Crippen molar-refractivity contribution in [3.63, 3.8) is 0 Å². The van der Waals surface area contributed by atoms with E-state index in [4.69, 9.17) is 23.4 Å². The van der Waals surface area contributed by atoms with E-state index in [-0.39, 0.29) is 23.6 Å². The van der Waals surface area contributed by atoms with Crippen molar-refractivity contribution >= 4 is 5.97 Å². The fraction of sp³-hybridized carbons (Fsp3) is 0.615. The third-order valence-corrected chi connectivity index (χ3v) is 6.96. The summed E-state index contributed by atoms with van der Waals surface area (Å²) in [4.78, 5) is 24.4. The summed E-state index contributed by atoms with van der Waals surface area (Å²) in [6.07, 6.45) is 2.60. The second-order valence-electron chi connectivity index (χ2n) is 10.0. The summed E-state index contributed by atoms with van der Waals surface area (Å²) in [7, 11) is 1.44. The van der Waals surface area contributed by atoms with Crippen molar-refractivity contribution in [1.29, 1.82) is 0 Å². The van der Waals surface area contributed by atoms with Crippen molar-refractivity contribution in [2.45, 2.75) is 97.4 Å². The Bertz CT molecular complexity index is 1110. The highest BCUT2D eigenvalue weighted by atomic mass is 16.7. The summed E-state index contributed by atoms with van der Waals surface area (Å²) in [5.74, 6) is -0.290. The number of fused-ring (bicyclic) bond motifs is 1. The lowest BCUT2D eigenvalue weighted by Crippen LogP contribution is -2.42. The maximum atomic E-state index is 12.4. The normalized spacial score (nSPS) is 31.5. The number of hydrogen-bond acceptors (Lipinski definition) is 8. The van der Waals surface area contributed by atoms with E-state index in [0.29, 0.717) is 22.4 Å². The minimum atomic E-state index is -1.85. The van der Waals surface area contributed by atoms with Gasteiger partial charge in [-0.15, -0.1) is 0 Å². The van der Waals surface area contributed by atoms with E-state index in [1.165, 1.54) is 21.0 Å². The molecule has 2 fully saturated rings. The first kappa shape index (κ1) is 26.2. The molecule has 0 aliphatic carbocycles. The van der Waals surface area contributed by atoms with Gasteiger partial charge in [0.2, 0.25) is 0 Å². The van der Waals surface area contributed by atoms with E-state index in [9.17, 15) is 14.7 Å². The first-order chi connectivity index (χ1) is 15.6. The molecule has 2 aliphatic heterocycles. The van der Waals surface area contributed by atoms with Crippen LogP contribution in [0.4, 0.5) is 0 Å². The van der Waals surface area contributed by atoms with Gasteiger partial charge in [0, 0.05) is 12.5 Å². The predicted molar refractivity (Wildman–Crippen MR) is 126 cm³/mol. The van der Waals surface area contributed by atoms with Gasteiger partial charge in [-0.2, -0.15) is 0 Å². The molecule has 0 aromatic carbocycles. The van der Waals surface area contributed by atoms with Gasteiger partial charge in [0.15, 0.2) is 11.7 Å². The number of epoxide rings is 1. The molecule has 6 atom stereocenters. The average molecular weight is 477 g/mol. The van der Waals surface area contributed by atoms with Gasteiger partial charge in [-0.25, -0.2) is 4.79 Å². The number of aliphatic hydroxyl groups is 1. The molecule has 1 N–H and O–H groups in total. The molecular weight excluding hydrogens is 440 g/mol. The zero-order chi connectivity index (χ0) is 25.8. The molecule has 0 amide bonds. The molecule has 0 spiro atoms. The van der Waals surface area contributed by atoms with Gasteiger partial charge in [-0.3, -0.25) is 4.79 Å². The molecule has 8 nitrogen and oxygen atoms in total. The predicted octanol–water partition coefficient (Wildman–Crippen LogP) is 3.63. The lowest BCUT2D eigenvalue weighted by molar-refractivity contribution is -0.159. The Morgan fingerprint density at radius 1 is 1.18 bits per heavy atom. The molecule has 188 valence electrons. The molecule has 34 heavy (non-hydrogen) atoms. The zero-order valence-corrected chi connectivity index (χ0v) is 21.7. The highest BCUT2D eigenvalue weighted by molar-refractivity contribution is 5.66. The summed E-state index contributed by atoms with van der Waals surface area (Å²) in [5.41, 5.74) is -1.21. The highest BCUT2D eigenvalue weighted by Crippen LogP contribution is 2.55. The number of rotatable bonds is 7. The first-order valence-corrected chi connectivity index (χ1v) is 11.4. The largest absolute Gasteiger partial charge is 0.496 e. The molecule has 0 bridgehead atoms. The average Bonchev–Trinajstić information content (AvgIpc) is 3.38. The maximum Gasteiger partial charge on any atom is 0.342 e. The molecule has 8 heteroatoms. The van der Waals surface area contributed by atoms with E-state index in [1.54, 1.807) is 20.8 Å². The Kier molecular flexibility index (Phi) is 6.67. The molecule has 1 aromatic heterocycles. The SMILES string of the molecule is COc1c(C)c([C@](C)(O)[C@@H](OC(C)=O)/C(C)=C/C(C)=C/[C@]2(C)O[C@H](C)[C@@]3(C)O[C@H]32)oc(=O)c1C. The molecular formula is C26H36O8. The van der Waals surface area contributed by atoms with E-state index in [2.05, 4.69) is 0 Å². The maximum absolute atomic E-state index is 12.4. The van der Waals surface area contributed by atoms with Gasteiger partial charge < -0.3 is 28.5 Å². The second-order valence-corrected chi connectivity index (χ2v) is 10.0. The van der Waals surface area contributed by atoms with Crippen LogP contribution in [0.1, 0.15) is 65.4 Å². The standard InChI is InChI=1S/C26H36O8/c1-13(12-24(7)23-26(9,34-23)17(5)33-24)11-14(2)20(31-18(6)27)25(8,29)21-15(3)19(30-10)16(4)22(28)32-21/h11-12,17,20,23,29H,1-10H3/b13-12+,14-11+/t17-,20+,23+,24+,25-,26-/m1/s1. The molecule has 3 rings (SSSR count). The number of carbonyl (C=O) groups excluding carboxylic acids is 1. The summed E-state index contributed by atoms with van der Waals surface area (Å²) < 4.78 is 28.4. The summed E-state index contributed by atoms with van der Waals surface area (Å²) in [6.45, 7) is 15.6. The van der Waals surface area contributed by atoms with Gasteiger partial charge in [0.25, 0.3) is 0 Å². The summed E-state index contributed by atoms with van der Waals surface area (Å²) in [5, 5.41) is 11.6. The van der Waals surface area contributed by atoms with Gasteiger partial charge in [-0.05, 0) is 67.0 Å². The molecule has 2 aliphatic rings. The van der Waals surface area contributed by atoms with E-state index >= 15 is 0 Å². The van der Waals surface area contributed by atoms with Crippen molar-refractivity contribution in [2.75, 3.05) is 7.11 Å². The number of ether oxygens (including phenoxy) is 4. The van der Waals surface area contributed by atoms with Crippen LogP contribution in [0.3, 0.4) is 0 Å². The highest BCUT2D eigenvalue weighted by Gasteiger charge is 2.71. The zero-order valence-electron chi connectivity index (χ0n) is 21.7. The number of allylic oxidation sites excluding steroid dienone is 2. The third kappa shape index (κ3) is 4.34. The lowest BCUT2D eigenvalue weighted by Gasteiger charge is -2.33. The fourth-order valence-corrected chi connectivity index (χ4v) is 5.26. The van der Waals surface area contributed by atoms with Gasteiger partial charge in [0.1, 0.15) is 28.8 Å². The van der Waals surface area contributed by atoms with Gasteiger partial charge in [-0.1, -0.05) is 11.6 Å². The van der Waals surface area contributed by atoms with Crippen LogP contribution in [0.5, 0.6) is 5.75 Å². The van der Waals surface area contributed by atoms with Gasteiger partial charge in [0.05, 0.1) is 18.8 Å². The van der Waals surface area contributed by atoms with Crippen LogP contribution < -0.4 is 10.4 Å². The van der Waals surface area contributed by atoms with Crippen LogP contribution in [-0.2, 0) is 24.6 Å². The summed E-state index contributed by atoms with van der Waals surface area (Å²) >= 11 is 0. The summed E-state index contributed by atoms with van der Waals surface area (Å²) in [6, 6.07) is 0. The molecule has 0 unspecified atom stereocenters.